The van der Waals surface area contributed by atoms with E-state index in [9.17, 15) is 0 Å². The number of hydrogen-bond donors (Lipinski definition) is 0. The lowest BCUT2D eigenvalue weighted by Gasteiger charge is -2.19. The van der Waals surface area contributed by atoms with Gasteiger partial charge in [0.15, 0.2) is 11.5 Å². The Morgan fingerprint density at radius 3 is 1.19 bits per heavy atom. The van der Waals surface area contributed by atoms with E-state index in [1.54, 1.807) is 0 Å². The van der Waals surface area contributed by atoms with E-state index >= 15 is 0 Å². The van der Waals surface area contributed by atoms with Gasteiger partial charge in [-0.15, -0.1) is 0 Å². The maximum Gasteiger partial charge on any atom is 0.214 e. The number of benzene rings is 4. The highest BCUT2D eigenvalue weighted by molar-refractivity contribution is 5.92. The fourth-order valence-corrected chi connectivity index (χ4v) is 6.42. The molecule has 4 aromatic carbocycles. The average Bonchev–Trinajstić information content (AvgIpc) is 3.74. The fourth-order valence-electron chi connectivity index (χ4n) is 6.42. The van der Waals surface area contributed by atoms with Crippen molar-refractivity contribution in [2.24, 2.45) is 28.2 Å². The molecule has 0 aliphatic rings. The van der Waals surface area contributed by atoms with E-state index in [0.717, 1.165) is 55.8 Å². The topological polar surface area (TPSA) is 64.6 Å². The van der Waals surface area contributed by atoms with E-state index in [-0.39, 0.29) is 0 Å². The summed E-state index contributed by atoms with van der Waals surface area (Å²) in [4.78, 5) is 9.51. The standard InChI is InChI=1S/C38H34N8O/c1-41-23-21-39-37(41)45-25-35(27-13-5-7-15-29(27)43(3)31-17-9-11-19-33(31)45)47-36-26-46(38-40-22-24-42(38)2)34-20-12-10-18-32(34)44(4)30-16-8-6-14-28(30)36/h5-26H,1-4H3. The molecule has 0 N–H and O–H groups in total. The van der Waals surface area contributed by atoms with Gasteiger partial charge in [-0.05, 0) is 48.5 Å². The molecule has 0 saturated carbocycles. The van der Waals surface area contributed by atoms with Crippen molar-refractivity contribution in [2.45, 2.75) is 0 Å². The van der Waals surface area contributed by atoms with E-state index in [2.05, 4.69) is 130 Å². The second kappa shape index (κ2) is 11.3. The van der Waals surface area contributed by atoms with E-state index in [4.69, 9.17) is 14.7 Å². The summed E-state index contributed by atoms with van der Waals surface area (Å²) in [5.74, 6) is 2.87. The lowest BCUT2D eigenvalue weighted by Crippen LogP contribution is -2.08. The molecule has 4 aromatic heterocycles. The first-order valence-corrected chi connectivity index (χ1v) is 15.5. The molecule has 0 aliphatic heterocycles. The Kier molecular flexibility index (Phi) is 6.79. The van der Waals surface area contributed by atoms with Crippen LogP contribution < -0.4 is 4.74 Å². The zero-order chi connectivity index (χ0) is 32.1. The normalized spacial score (nSPS) is 11.4. The molecule has 0 bridgehead atoms. The lowest BCUT2D eigenvalue weighted by molar-refractivity contribution is 0.486. The van der Waals surface area contributed by atoms with Crippen LogP contribution in [0, 0.1) is 0 Å². The van der Waals surface area contributed by atoms with E-state index in [1.165, 1.54) is 0 Å². The number of aryl methyl sites for hydroxylation is 4. The summed E-state index contributed by atoms with van der Waals surface area (Å²) in [6.45, 7) is 0. The number of nitrogens with zero attached hydrogens (tertiary/aromatic N) is 8. The van der Waals surface area contributed by atoms with Crippen molar-refractivity contribution in [3.63, 3.8) is 0 Å². The van der Waals surface area contributed by atoms with Gasteiger partial charge in [0.25, 0.3) is 0 Å². The minimum Gasteiger partial charge on any atom is -0.453 e. The number of fused-ring (bicyclic) bond motifs is 4. The van der Waals surface area contributed by atoms with Gasteiger partial charge in [-0.2, -0.15) is 0 Å². The van der Waals surface area contributed by atoms with Crippen molar-refractivity contribution >= 4 is 43.9 Å². The molecule has 232 valence electrons. The van der Waals surface area contributed by atoms with Crippen LogP contribution in [0.3, 0.4) is 0 Å². The van der Waals surface area contributed by atoms with Gasteiger partial charge in [0.2, 0.25) is 11.9 Å². The fraction of sp³-hybridized carbons (Fsp3) is 0.105. The Hall–Kier alpha value is -6.22. The summed E-state index contributed by atoms with van der Waals surface area (Å²) in [6, 6.07) is 33.4. The van der Waals surface area contributed by atoms with Crippen LogP contribution in [0.15, 0.2) is 134 Å². The van der Waals surface area contributed by atoms with E-state index in [1.807, 2.05) is 60.1 Å². The minimum absolute atomic E-state index is 0.669. The quantitative estimate of drug-likeness (QED) is 0.200. The first-order chi connectivity index (χ1) is 23.0. The van der Waals surface area contributed by atoms with Crippen molar-refractivity contribution in [3.05, 3.63) is 134 Å². The molecule has 9 nitrogen and oxygen atoms in total. The molecule has 47 heavy (non-hydrogen) atoms. The number of ether oxygens (including phenoxy) is 1. The Balaban J connectivity index is 1.54. The number of rotatable bonds is 4. The van der Waals surface area contributed by atoms with Gasteiger partial charge in [0, 0.05) is 63.8 Å². The Labute approximate surface area is 271 Å². The molecule has 4 heterocycles. The summed E-state index contributed by atoms with van der Waals surface area (Å²) in [5, 5.41) is 1.89. The molecule has 0 radical (unpaired) electrons. The van der Waals surface area contributed by atoms with Crippen LogP contribution in [-0.2, 0) is 28.2 Å². The van der Waals surface area contributed by atoms with Gasteiger partial charge in [-0.25, -0.2) is 9.97 Å². The molecule has 9 heteroatoms. The van der Waals surface area contributed by atoms with Crippen LogP contribution in [0.4, 0.5) is 0 Å². The monoisotopic (exact) mass is 618 g/mol. The van der Waals surface area contributed by atoms with Crippen molar-refractivity contribution in [2.75, 3.05) is 0 Å². The molecular formula is C38H34N8O. The molecule has 0 spiro atoms. The first kappa shape index (κ1) is 28.3. The van der Waals surface area contributed by atoms with E-state index in [0.29, 0.717) is 11.5 Å². The zero-order valence-corrected chi connectivity index (χ0v) is 26.7. The molecule has 0 aliphatic carbocycles. The van der Waals surface area contributed by atoms with Gasteiger partial charge in [0.1, 0.15) is 0 Å². The molecule has 8 rings (SSSR count). The average molecular weight is 619 g/mol. The molecular weight excluding hydrogens is 584 g/mol. The highest BCUT2D eigenvalue weighted by Crippen LogP contribution is 2.35. The van der Waals surface area contributed by atoms with Crippen LogP contribution in [-0.4, -0.2) is 37.4 Å². The van der Waals surface area contributed by atoms with Crippen LogP contribution in [0.5, 0.6) is 11.5 Å². The molecule has 0 unspecified atom stereocenters. The highest BCUT2D eigenvalue weighted by Gasteiger charge is 2.16. The van der Waals surface area contributed by atoms with Gasteiger partial charge in [0.05, 0.1) is 45.5 Å². The molecule has 0 fully saturated rings. The SMILES string of the molecule is Cn1ccnc1-n1cc(Oc2cn(-c3nccn3C)c3ccccc3n(C)c3ccccc23)c2ccccc2n(C)c2ccccc21. The second-order valence-electron chi connectivity index (χ2n) is 11.6. The maximum atomic E-state index is 7.23. The predicted octanol–water partition coefficient (Wildman–Crippen LogP) is 8.07. The lowest BCUT2D eigenvalue weighted by atomic mass is 10.2. The van der Waals surface area contributed by atoms with E-state index < -0.39 is 0 Å². The molecule has 0 atom stereocenters. The number of imidazole rings is 2. The number of hydrogen-bond acceptors (Lipinski definition) is 3. The molecule has 0 amide bonds. The Morgan fingerprint density at radius 1 is 0.447 bits per heavy atom. The van der Waals surface area contributed by atoms with Crippen molar-refractivity contribution < 1.29 is 4.74 Å². The van der Waals surface area contributed by atoms with Crippen molar-refractivity contribution in [3.8, 4) is 23.4 Å². The first-order valence-electron chi connectivity index (χ1n) is 15.5. The van der Waals surface area contributed by atoms with Crippen molar-refractivity contribution in [1.29, 1.82) is 0 Å². The third kappa shape index (κ3) is 4.71. The van der Waals surface area contributed by atoms with Crippen LogP contribution in [0.2, 0.25) is 0 Å². The van der Waals surface area contributed by atoms with Crippen LogP contribution in [0.1, 0.15) is 0 Å². The van der Waals surface area contributed by atoms with Gasteiger partial charge >= 0.3 is 0 Å². The summed E-state index contributed by atoms with van der Waals surface area (Å²) in [7, 11) is 8.19. The second-order valence-corrected chi connectivity index (χ2v) is 11.6. The zero-order valence-electron chi connectivity index (χ0n) is 26.7. The molecule has 0 saturated heterocycles. The Morgan fingerprint density at radius 2 is 0.809 bits per heavy atom. The molecule has 8 aromatic rings. The largest absolute Gasteiger partial charge is 0.453 e. The summed E-state index contributed by atoms with van der Waals surface area (Å²) in [5.41, 5.74) is 6.11. The van der Waals surface area contributed by atoms with Crippen molar-refractivity contribution in [1.82, 2.24) is 37.4 Å². The summed E-state index contributed by atoms with van der Waals surface area (Å²) in [6.07, 6.45) is 11.6. The van der Waals surface area contributed by atoms with Gasteiger partial charge in [-0.3, -0.25) is 9.13 Å². The summed E-state index contributed by atoms with van der Waals surface area (Å²) >= 11 is 0. The van der Waals surface area contributed by atoms with Crippen LogP contribution >= 0.6 is 0 Å². The van der Waals surface area contributed by atoms with Gasteiger partial charge < -0.3 is 23.0 Å². The third-order valence-electron chi connectivity index (χ3n) is 8.80. The smallest absolute Gasteiger partial charge is 0.214 e. The third-order valence-corrected chi connectivity index (χ3v) is 8.80. The van der Waals surface area contributed by atoms with Crippen LogP contribution in [0.25, 0.3) is 55.8 Å². The minimum atomic E-state index is 0.669. The number of aromatic nitrogens is 8. The highest BCUT2D eigenvalue weighted by atomic mass is 16.5. The Bertz CT molecular complexity index is 2390. The summed E-state index contributed by atoms with van der Waals surface area (Å²) < 4.78 is 19.9. The predicted molar refractivity (Wildman–Crippen MR) is 188 cm³/mol. The maximum absolute atomic E-state index is 7.23. The van der Waals surface area contributed by atoms with Gasteiger partial charge in [-0.1, -0.05) is 48.5 Å². The number of para-hydroxylation sites is 6.